The lowest BCUT2D eigenvalue weighted by Gasteiger charge is -2.59. The van der Waals surface area contributed by atoms with E-state index >= 15 is 4.79 Å². The van der Waals surface area contributed by atoms with Gasteiger partial charge in [0.25, 0.3) is 0 Å². The molecule has 0 saturated heterocycles. The topological polar surface area (TPSA) is 183 Å². The van der Waals surface area contributed by atoms with Crippen molar-refractivity contribution >= 4 is 23.4 Å². The zero-order valence-electron chi connectivity index (χ0n) is 42.6. The first-order valence-corrected chi connectivity index (χ1v) is 28.0. The summed E-state index contributed by atoms with van der Waals surface area (Å²) in [7, 11) is 0. The van der Waals surface area contributed by atoms with E-state index in [1.807, 2.05) is 24.3 Å². The van der Waals surface area contributed by atoms with Crippen molar-refractivity contribution in [2.45, 2.75) is 195 Å². The molecular formula is C62H75NO10. The van der Waals surface area contributed by atoms with Gasteiger partial charge in [0.2, 0.25) is 0 Å². The molecule has 0 aromatic heterocycles. The fourth-order valence-electron chi connectivity index (χ4n) is 15.7. The molecule has 11 heteroatoms. The Labute approximate surface area is 430 Å². The number of benzene rings is 3. The van der Waals surface area contributed by atoms with Crippen molar-refractivity contribution in [2.75, 3.05) is 11.9 Å². The van der Waals surface area contributed by atoms with Gasteiger partial charge in [0.1, 0.15) is 29.0 Å². The number of aromatic hydroxyl groups is 1. The van der Waals surface area contributed by atoms with Crippen LogP contribution in [0, 0.1) is 41.4 Å². The van der Waals surface area contributed by atoms with E-state index in [0.29, 0.717) is 71.4 Å². The first kappa shape index (κ1) is 50.2. The number of carbonyl (C=O) groups excluding carboxylic acids is 3. The molecule has 11 nitrogen and oxygen atoms in total. The number of aliphatic hydroxyl groups is 4. The van der Waals surface area contributed by atoms with Gasteiger partial charge in [-0.25, -0.2) is 4.79 Å². The Bertz CT molecular complexity index is 2700. The predicted molar refractivity (Wildman–Crippen MR) is 277 cm³/mol. The highest BCUT2D eigenvalue weighted by molar-refractivity contribution is 5.89. The third kappa shape index (κ3) is 9.46. The molecule has 388 valence electrons. The molecule has 10 bridgehead atoms. The van der Waals surface area contributed by atoms with Crippen molar-refractivity contribution in [1.29, 1.82) is 0 Å². The molecule has 11 atom stereocenters. The van der Waals surface area contributed by atoms with Crippen molar-refractivity contribution in [3.63, 3.8) is 0 Å². The minimum atomic E-state index is -1.59. The van der Waals surface area contributed by atoms with Crippen LogP contribution in [0.2, 0.25) is 0 Å². The standard InChI is InChI=1S/C62H75NO10/c1-36(65)34-63-47-25-38(35-64)23-43(28-47)40-17-18-41-33-56(68)73-59-48(41)30-44(58(69)57(59)39-12-4-2-5-13-39)32-55-62(71)51-16-7-6-14-42(51)29-49-50(53(66)20-19-52(49)62)26-37-11-10-15-46(24-37)61(21-8-3-9-22-61)54(67)31-45(27-40)60(70)72-55/h10-11,15,23-25,28,30-31,36,39-42,49-52,54-55,63-65,67,69,71H,2-9,12-14,16,19-22,26-27,29,32-35H2,1H3/b45-31-/t36-,40-,41+,42+,49-,50+,51-,52-,54-,55+,62-/m0/s1. The van der Waals surface area contributed by atoms with Crippen LogP contribution in [-0.4, -0.2) is 73.7 Å². The van der Waals surface area contributed by atoms with Crippen LogP contribution in [0.4, 0.5) is 5.69 Å². The molecule has 3 aliphatic heterocycles. The number of Topliss-reactive ketones (excluding diaryl/α,β-unsaturated/α-hetero) is 1. The molecule has 3 aromatic carbocycles. The molecule has 3 heterocycles. The summed E-state index contributed by atoms with van der Waals surface area (Å²) in [6.45, 7) is 1.66. The van der Waals surface area contributed by atoms with Crippen LogP contribution >= 0.6 is 0 Å². The number of phenolic OH excluding ortho intramolecular Hbond substituents is 1. The van der Waals surface area contributed by atoms with E-state index in [1.165, 1.54) is 0 Å². The number of aliphatic hydroxyl groups excluding tert-OH is 3. The molecule has 5 fully saturated rings. The molecule has 3 aromatic rings. The highest BCUT2D eigenvalue weighted by Crippen LogP contribution is 2.59. The number of hydrogen-bond donors (Lipinski definition) is 6. The maximum atomic E-state index is 16.0. The first-order valence-electron chi connectivity index (χ1n) is 28.0. The minimum absolute atomic E-state index is 0.00217. The van der Waals surface area contributed by atoms with Gasteiger partial charge < -0.3 is 40.3 Å². The Morgan fingerprint density at radius 2 is 1.60 bits per heavy atom. The zero-order chi connectivity index (χ0) is 50.6. The SMILES string of the molecule is C[C@H](O)CNc1cc(CO)cc([C@H]2C#C[C@@H]3CC(=O)Oc4c3cc(c(O)c4C3CCCCC3)C[C@H]3OC(=O)/C(=C\[C@H](O)C4(CCCCC4)c4cccc(c4)C[C@H]4C(=O)CC[C@H]5[C@H]4C[C@H]4CCCC[C@@H]4[C@@]35O)C2)c1. The van der Waals surface area contributed by atoms with Gasteiger partial charge in [0.05, 0.1) is 31.2 Å². The van der Waals surface area contributed by atoms with Gasteiger partial charge in [-0.1, -0.05) is 100.0 Å². The third-order valence-electron chi connectivity index (χ3n) is 19.3. The minimum Gasteiger partial charge on any atom is -0.507 e. The molecule has 6 N–H and O–H groups in total. The molecule has 0 unspecified atom stereocenters. The van der Waals surface area contributed by atoms with Crippen LogP contribution in [0.25, 0.3) is 0 Å². The van der Waals surface area contributed by atoms with Gasteiger partial charge in [0.15, 0.2) is 0 Å². The number of ether oxygens (including phenoxy) is 2. The van der Waals surface area contributed by atoms with Crippen LogP contribution in [0.1, 0.15) is 186 Å². The van der Waals surface area contributed by atoms with Crippen molar-refractivity contribution in [3.05, 3.63) is 99.1 Å². The zero-order valence-corrected chi connectivity index (χ0v) is 42.6. The molecule has 5 saturated carbocycles. The number of anilines is 1. The number of ketones is 1. The molecule has 0 amide bonds. The molecule has 11 rings (SSSR count). The lowest BCUT2D eigenvalue weighted by Crippen LogP contribution is -2.65. The molecule has 0 radical (unpaired) electrons. The van der Waals surface area contributed by atoms with E-state index < -0.39 is 53.1 Å². The van der Waals surface area contributed by atoms with E-state index in [2.05, 4.69) is 41.4 Å². The molecule has 8 aliphatic rings. The summed E-state index contributed by atoms with van der Waals surface area (Å²) in [4.78, 5) is 44.4. The second-order valence-corrected chi connectivity index (χ2v) is 23.7. The Kier molecular flexibility index (Phi) is 14.2. The molecular weight excluding hydrogens is 919 g/mol. The quantitative estimate of drug-likeness (QED) is 0.0786. The number of carbonyl (C=O) groups is 3. The Balaban J connectivity index is 1.17. The van der Waals surface area contributed by atoms with Gasteiger partial charge in [-0.15, -0.1) is 0 Å². The van der Waals surface area contributed by atoms with Crippen molar-refractivity contribution in [1.82, 2.24) is 0 Å². The maximum absolute atomic E-state index is 16.0. The number of esters is 2. The molecule has 1 spiro atoms. The summed E-state index contributed by atoms with van der Waals surface area (Å²) >= 11 is 0. The van der Waals surface area contributed by atoms with E-state index in [1.54, 1.807) is 13.0 Å². The summed E-state index contributed by atoms with van der Waals surface area (Å²) in [5.41, 5.74) is 3.60. The Morgan fingerprint density at radius 1 is 0.836 bits per heavy atom. The van der Waals surface area contributed by atoms with Crippen LogP contribution < -0.4 is 10.1 Å². The van der Waals surface area contributed by atoms with Crippen molar-refractivity contribution < 1.29 is 49.4 Å². The van der Waals surface area contributed by atoms with Gasteiger partial charge >= 0.3 is 11.9 Å². The Morgan fingerprint density at radius 3 is 2.40 bits per heavy atom. The maximum Gasteiger partial charge on any atom is 0.334 e. The monoisotopic (exact) mass is 994 g/mol. The predicted octanol–water partition coefficient (Wildman–Crippen LogP) is 9.66. The fraction of sp³-hybridized carbons (Fsp3) is 0.597. The number of phenols is 1. The summed E-state index contributed by atoms with van der Waals surface area (Å²) in [5, 5.41) is 64.5. The van der Waals surface area contributed by atoms with Crippen LogP contribution in [0.15, 0.2) is 60.2 Å². The van der Waals surface area contributed by atoms with Crippen molar-refractivity contribution in [3.8, 4) is 23.3 Å². The third-order valence-corrected chi connectivity index (χ3v) is 19.3. The van der Waals surface area contributed by atoms with Crippen LogP contribution in [-0.2, 0) is 44.0 Å². The first-order chi connectivity index (χ1) is 35.3. The van der Waals surface area contributed by atoms with Crippen LogP contribution in [0.5, 0.6) is 11.5 Å². The van der Waals surface area contributed by atoms with Gasteiger partial charge in [-0.3, -0.25) is 9.59 Å². The largest absolute Gasteiger partial charge is 0.507 e. The number of hydrogen-bond acceptors (Lipinski definition) is 11. The van der Waals surface area contributed by atoms with Gasteiger partial charge in [-0.2, -0.15) is 0 Å². The Hall–Kier alpha value is -4.99. The van der Waals surface area contributed by atoms with Gasteiger partial charge in [-0.05, 0) is 146 Å². The smallest absolute Gasteiger partial charge is 0.334 e. The number of nitrogens with one attached hydrogen (secondary N) is 1. The van der Waals surface area contributed by atoms with E-state index in [4.69, 9.17) is 9.47 Å². The normalized spacial score (nSPS) is 33.3. The van der Waals surface area contributed by atoms with Crippen LogP contribution in [0.3, 0.4) is 0 Å². The molecule has 73 heavy (non-hydrogen) atoms. The lowest BCUT2D eigenvalue weighted by molar-refractivity contribution is -0.228. The average molecular weight is 994 g/mol. The van der Waals surface area contributed by atoms with E-state index in [9.17, 15) is 35.1 Å². The summed E-state index contributed by atoms with van der Waals surface area (Å²) < 4.78 is 13.3. The fourth-order valence-corrected chi connectivity index (χ4v) is 15.7. The highest BCUT2D eigenvalue weighted by atomic mass is 16.6. The summed E-state index contributed by atoms with van der Waals surface area (Å²) in [6.07, 6.45) is 13.1. The second kappa shape index (κ2) is 20.6. The average Bonchev–Trinajstić information content (AvgIpc) is 3.40. The van der Waals surface area contributed by atoms with E-state index in [0.717, 1.165) is 94.6 Å². The highest BCUT2D eigenvalue weighted by Gasteiger charge is 2.62. The second-order valence-electron chi connectivity index (χ2n) is 23.7. The van der Waals surface area contributed by atoms with E-state index in [-0.39, 0.29) is 85.0 Å². The summed E-state index contributed by atoms with van der Waals surface area (Å²) in [6, 6.07) is 15.9. The number of rotatable bonds is 6. The molecule has 5 aliphatic carbocycles. The van der Waals surface area contributed by atoms with Crippen molar-refractivity contribution in [2.24, 2.45) is 29.6 Å². The summed E-state index contributed by atoms with van der Waals surface area (Å²) in [5.74, 6) is 4.01. The lowest BCUT2D eigenvalue weighted by atomic mass is 9.48. The number of fused-ring (bicyclic) bond motifs is 10. The van der Waals surface area contributed by atoms with Gasteiger partial charge in [0, 0.05) is 59.0 Å².